The van der Waals surface area contributed by atoms with E-state index in [4.69, 9.17) is 0 Å². The normalized spacial score (nSPS) is 2.86. The predicted octanol–water partition coefficient (Wildman–Crippen LogP) is 3.01. The molecule has 0 unspecified atom stereocenters. The number of hydrogen-bond donors (Lipinski definition) is 0. The third-order valence-corrected chi connectivity index (χ3v) is 0. The van der Waals surface area contributed by atoms with Crippen molar-refractivity contribution in [3.05, 3.63) is 18.9 Å². The van der Waals surface area contributed by atoms with E-state index in [-0.39, 0.29) is 0 Å². The van der Waals surface area contributed by atoms with E-state index >= 15 is 0 Å². The number of rotatable bonds is 0. The van der Waals surface area contributed by atoms with E-state index in [1.165, 1.54) is 0 Å². The van der Waals surface area contributed by atoms with Gasteiger partial charge in [0, 0.05) is 0 Å². The van der Waals surface area contributed by atoms with Gasteiger partial charge in [-0.25, -0.2) is 0 Å². The van der Waals surface area contributed by atoms with Gasteiger partial charge in [0.05, 0.1) is 0 Å². The molecule has 0 aromatic rings. The zero-order chi connectivity index (χ0) is 6.71. The van der Waals surface area contributed by atoms with Gasteiger partial charge in [-0.1, -0.05) is 40.9 Å². The molecule has 0 aromatic heterocycles. The summed E-state index contributed by atoms with van der Waals surface area (Å²) in [6.07, 6.45) is 0. The highest BCUT2D eigenvalue weighted by molar-refractivity contribution is 4.51. The molecule has 0 heteroatoms. The standard InChI is InChI=1S/C3H4.2C2H6/c1-3-2;2*1-2/h1-2H2;2*1-2H3. The summed E-state index contributed by atoms with van der Waals surface area (Å²) >= 11 is 0. The van der Waals surface area contributed by atoms with Gasteiger partial charge >= 0.3 is 0 Å². The maximum Gasteiger partial charge on any atom is -0.0572 e. The Morgan fingerprint density at radius 3 is 0.857 bits per heavy atom. The molecule has 0 aliphatic heterocycles. The monoisotopic (exact) mass is 100 g/mol. The molecule has 0 radical (unpaired) electrons. The fourth-order valence-corrected chi connectivity index (χ4v) is 0. The highest BCUT2D eigenvalue weighted by atomic mass is 13.0. The van der Waals surface area contributed by atoms with E-state index in [2.05, 4.69) is 18.9 Å². The highest BCUT2D eigenvalue weighted by Gasteiger charge is 0.934. The molecule has 0 saturated carbocycles. The van der Waals surface area contributed by atoms with Crippen molar-refractivity contribution >= 4 is 0 Å². The zero-order valence-corrected chi connectivity index (χ0v) is 5.91. The summed E-state index contributed by atoms with van der Waals surface area (Å²) in [5.41, 5.74) is 2.25. The molecule has 0 spiro atoms. The van der Waals surface area contributed by atoms with Crippen LogP contribution in [0, 0.1) is 0 Å². The van der Waals surface area contributed by atoms with Crippen LogP contribution in [-0.2, 0) is 0 Å². The highest BCUT2D eigenvalue weighted by Crippen LogP contribution is 1.16. The molecule has 0 atom stereocenters. The topological polar surface area (TPSA) is 0 Å². The van der Waals surface area contributed by atoms with Crippen molar-refractivity contribution < 1.29 is 0 Å². The second-order valence-corrected chi connectivity index (χ2v) is 0.250. The van der Waals surface area contributed by atoms with Gasteiger partial charge in [0.2, 0.25) is 0 Å². The molecule has 44 valence electrons. The first-order chi connectivity index (χ1) is 3.41. The summed E-state index contributed by atoms with van der Waals surface area (Å²) < 4.78 is 0. The SMILES string of the molecule is C=C=C.CC.CC. The van der Waals surface area contributed by atoms with Crippen molar-refractivity contribution in [2.45, 2.75) is 27.7 Å². The fourth-order valence-electron chi connectivity index (χ4n) is 0. The van der Waals surface area contributed by atoms with Crippen molar-refractivity contribution in [2.24, 2.45) is 0 Å². The van der Waals surface area contributed by atoms with Gasteiger partial charge in [0.1, 0.15) is 0 Å². The Hall–Kier alpha value is -0.480. The minimum Gasteiger partial charge on any atom is -0.137 e. The van der Waals surface area contributed by atoms with Crippen LogP contribution in [0.2, 0.25) is 0 Å². The largest absolute Gasteiger partial charge is 0.137 e. The van der Waals surface area contributed by atoms with Gasteiger partial charge in [-0.05, 0) is 0 Å². The van der Waals surface area contributed by atoms with Crippen LogP contribution in [0.5, 0.6) is 0 Å². The van der Waals surface area contributed by atoms with E-state index in [1.54, 1.807) is 0 Å². The lowest BCUT2D eigenvalue weighted by molar-refractivity contribution is 1.50. The minimum absolute atomic E-state index is 2.00. The van der Waals surface area contributed by atoms with Crippen LogP contribution in [0.15, 0.2) is 18.9 Å². The van der Waals surface area contributed by atoms with Crippen molar-refractivity contribution in [1.82, 2.24) is 0 Å². The second-order valence-electron chi connectivity index (χ2n) is 0.250. The molecule has 0 aliphatic carbocycles. The van der Waals surface area contributed by atoms with Crippen LogP contribution in [-0.4, -0.2) is 0 Å². The van der Waals surface area contributed by atoms with Gasteiger partial charge in [-0.3, -0.25) is 0 Å². The quantitative estimate of drug-likeness (QED) is 0.410. The summed E-state index contributed by atoms with van der Waals surface area (Å²) in [4.78, 5) is 0. The third-order valence-electron chi connectivity index (χ3n) is 0. The first kappa shape index (κ1) is 16.0. The lowest BCUT2D eigenvalue weighted by Gasteiger charge is -1.10. The van der Waals surface area contributed by atoms with Gasteiger partial charge in [0.15, 0.2) is 0 Å². The fraction of sp³-hybridized carbons (Fsp3) is 0.571. The minimum atomic E-state index is 2.00. The summed E-state index contributed by atoms with van der Waals surface area (Å²) in [5, 5.41) is 0. The molecule has 7 heavy (non-hydrogen) atoms. The van der Waals surface area contributed by atoms with Gasteiger partial charge in [-0.2, -0.15) is 0 Å². The van der Waals surface area contributed by atoms with Gasteiger partial charge in [0.25, 0.3) is 0 Å². The van der Waals surface area contributed by atoms with Crippen molar-refractivity contribution in [1.29, 1.82) is 0 Å². The average Bonchev–Trinajstić information content (AvgIpc) is 1.78. The van der Waals surface area contributed by atoms with Gasteiger partial charge in [-0.15, -0.1) is 5.73 Å². The summed E-state index contributed by atoms with van der Waals surface area (Å²) in [6.45, 7) is 14.2. The molecule has 0 saturated heterocycles. The van der Waals surface area contributed by atoms with Crippen molar-refractivity contribution in [2.75, 3.05) is 0 Å². The molecule has 0 nitrogen and oxygen atoms in total. The second kappa shape index (κ2) is 417. The Morgan fingerprint density at radius 2 is 0.857 bits per heavy atom. The van der Waals surface area contributed by atoms with Crippen LogP contribution < -0.4 is 0 Å². The smallest absolute Gasteiger partial charge is 0.0572 e. The molecule has 0 amide bonds. The molecule has 0 fully saturated rings. The maximum atomic E-state index is 3.12. The first-order valence-corrected chi connectivity index (χ1v) is 2.71. The molecule has 0 heterocycles. The van der Waals surface area contributed by atoms with Crippen LogP contribution >= 0.6 is 0 Å². The lowest BCUT2D eigenvalue weighted by atomic mass is 11.0. The van der Waals surface area contributed by atoms with Gasteiger partial charge < -0.3 is 0 Å². The summed E-state index contributed by atoms with van der Waals surface area (Å²) in [6, 6.07) is 0. The Kier molecular flexibility index (Phi) is 955. The lowest BCUT2D eigenvalue weighted by Crippen LogP contribution is -0.856. The molecular weight excluding hydrogens is 84.1 g/mol. The Bertz CT molecular complexity index is 21.0. The Labute approximate surface area is 47.6 Å². The van der Waals surface area contributed by atoms with E-state index < -0.39 is 0 Å². The average molecular weight is 100 g/mol. The maximum absolute atomic E-state index is 3.12. The molecular formula is C7H16. The predicted molar refractivity (Wildman–Crippen MR) is 37.5 cm³/mol. The van der Waals surface area contributed by atoms with Crippen molar-refractivity contribution in [3.63, 3.8) is 0 Å². The molecule has 0 aromatic carbocycles. The summed E-state index contributed by atoms with van der Waals surface area (Å²) in [7, 11) is 0. The van der Waals surface area contributed by atoms with Crippen LogP contribution in [0.1, 0.15) is 27.7 Å². The van der Waals surface area contributed by atoms with Crippen LogP contribution in [0.4, 0.5) is 0 Å². The Balaban J connectivity index is -0.0000000360. The summed E-state index contributed by atoms with van der Waals surface area (Å²) in [5.74, 6) is 0. The molecule has 0 rings (SSSR count). The van der Waals surface area contributed by atoms with Crippen LogP contribution in [0.25, 0.3) is 0 Å². The van der Waals surface area contributed by atoms with Crippen LogP contribution in [0.3, 0.4) is 0 Å². The van der Waals surface area contributed by atoms with Crippen molar-refractivity contribution in [3.8, 4) is 0 Å². The van der Waals surface area contributed by atoms with E-state index in [0.717, 1.165) is 0 Å². The molecule has 0 N–H and O–H groups in total. The molecule has 0 bridgehead atoms. The molecule has 0 aliphatic rings. The number of hydrogen-bond acceptors (Lipinski definition) is 0. The van der Waals surface area contributed by atoms with E-state index in [1.807, 2.05) is 27.7 Å². The van der Waals surface area contributed by atoms with E-state index in [0.29, 0.717) is 0 Å². The first-order valence-electron chi connectivity index (χ1n) is 2.71. The Morgan fingerprint density at radius 1 is 0.857 bits per heavy atom. The third kappa shape index (κ3) is 297. The zero-order valence-electron chi connectivity index (χ0n) is 5.91. The van der Waals surface area contributed by atoms with E-state index in [9.17, 15) is 0 Å².